The van der Waals surface area contributed by atoms with Gasteiger partial charge in [0.2, 0.25) is 0 Å². The molecule has 0 bridgehead atoms. The molecule has 1 saturated heterocycles. The molecule has 0 spiro atoms. The lowest BCUT2D eigenvalue weighted by Gasteiger charge is -2.36. The van der Waals surface area contributed by atoms with Crippen LogP contribution in [-0.2, 0) is 0 Å². The first-order valence-electron chi connectivity index (χ1n) is 8.23. The molecule has 0 unspecified atom stereocenters. The van der Waals surface area contributed by atoms with Gasteiger partial charge >= 0.3 is 0 Å². The van der Waals surface area contributed by atoms with Crippen molar-refractivity contribution in [3.63, 3.8) is 0 Å². The highest BCUT2D eigenvalue weighted by Gasteiger charge is 2.16. The smallest absolute Gasteiger partial charge is 0.123 e. The lowest BCUT2D eigenvalue weighted by Crippen LogP contribution is -2.48. The Balaban J connectivity index is 1.61. The van der Waals surface area contributed by atoms with Crippen molar-refractivity contribution in [2.45, 2.75) is 26.2 Å². The quantitative estimate of drug-likeness (QED) is 0.744. The number of nitrogens with zero attached hydrogens (tertiary/aromatic N) is 2. The van der Waals surface area contributed by atoms with Crippen LogP contribution in [-0.4, -0.2) is 50.7 Å². The minimum atomic E-state index is -0.161. The van der Waals surface area contributed by atoms with Crippen molar-refractivity contribution in [3.05, 3.63) is 30.1 Å². The van der Waals surface area contributed by atoms with Crippen molar-refractivity contribution < 1.29 is 4.39 Å². The van der Waals surface area contributed by atoms with Crippen LogP contribution in [0.2, 0.25) is 0 Å². The van der Waals surface area contributed by atoms with Crippen molar-refractivity contribution in [1.29, 1.82) is 0 Å². The van der Waals surface area contributed by atoms with Crippen LogP contribution in [0.25, 0.3) is 0 Å². The van der Waals surface area contributed by atoms with Gasteiger partial charge in [0.1, 0.15) is 5.82 Å². The molecular formula is C17H28FN3. The number of nitrogens with one attached hydrogen (secondary N) is 1. The van der Waals surface area contributed by atoms with Gasteiger partial charge in [0.15, 0.2) is 0 Å². The van der Waals surface area contributed by atoms with Crippen molar-refractivity contribution in [2.24, 2.45) is 0 Å². The summed E-state index contributed by atoms with van der Waals surface area (Å²) >= 11 is 0. The van der Waals surface area contributed by atoms with Gasteiger partial charge < -0.3 is 10.2 Å². The zero-order chi connectivity index (χ0) is 14.9. The summed E-state index contributed by atoms with van der Waals surface area (Å²) in [6.45, 7) is 9.83. The monoisotopic (exact) mass is 293 g/mol. The molecule has 4 heteroatoms. The summed E-state index contributed by atoms with van der Waals surface area (Å²) in [4.78, 5) is 4.84. The van der Waals surface area contributed by atoms with Crippen LogP contribution in [0.1, 0.15) is 26.2 Å². The van der Waals surface area contributed by atoms with Gasteiger partial charge in [0.05, 0.1) is 0 Å². The topological polar surface area (TPSA) is 18.5 Å². The highest BCUT2D eigenvalue weighted by atomic mass is 19.1. The Hall–Kier alpha value is -1.13. The maximum Gasteiger partial charge on any atom is 0.123 e. The second-order valence-corrected chi connectivity index (χ2v) is 5.76. The maximum absolute atomic E-state index is 12.9. The number of unbranched alkanes of at least 4 members (excludes halogenated alkanes) is 2. The van der Waals surface area contributed by atoms with E-state index in [1.807, 2.05) is 12.1 Å². The number of hydrogen-bond acceptors (Lipinski definition) is 3. The van der Waals surface area contributed by atoms with Crippen molar-refractivity contribution >= 4 is 5.69 Å². The van der Waals surface area contributed by atoms with Crippen LogP contribution >= 0.6 is 0 Å². The second-order valence-electron chi connectivity index (χ2n) is 5.76. The van der Waals surface area contributed by atoms with Crippen molar-refractivity contribution in [2.75, 3.05) is 50.7 Å². The van der Waals surface area contributed by atoms with Gasteiger partial charge in [0, 0.05) is 45.0 Å². The van der Waals surface area contributed by atoms with E-state index < -0.39 is 0 Å². The van der Waals surface area contributed by atoms with Crippen LogP contribution in [0.3, 0.4) is 0 Å². The fourth-order valence-corrected chi connectivity index (χ4v) is 2.74. The Kier molecular flexibility index (Phi) is 6.96. The lowest BCUT2D eigenvalue weighted by molar-refractivity contribution is 0.257. The van der Waals surface area contributed by atoms with Crippen molar-refractivity contribution in [3.8, 4) is 0 Å². The first-order chi connectivity index (χ1) is 10.3. The van der Waals surface area contributed by atoms with Gasteiger partial charge in [-0.3, -0.25) is 4.90 Å². The Morgan fingerprint density at radius 3 is 2.38 bits per heavy atom. The van der Waals surface area contributed by atoms with Crippen LogP contribution in [0, 0.1) is 5.82 Å². The molecule has 1 aromatic rings. The summed E-state index contributed by atoms with van der Waals surface area (Å²) in [6.07, 6.45) is 3.89. The number of rotatable bonds is 8. The molecular weight excluding hydrogens is 265 g/mol. The fraction of sp³-hybridized carbons (Fsp3) is 0.647. The SMILES string of the molecule is CCCCCNCCN1CCN(c2ccc(F)cc2)CC1. The predicted octanol–water partition coefficient (Wildman–Crippen LogP) is 2.73. The molecule has 0 radical (unpaired) electrons. The first-order valence-corrected chi connectivity index (χ1v) is 8.23. The summed E-state index contributed by atoms with van der Waals surface area (Å²) in [5.74, 6) is -0.161. The summed E-state index contributed by atoms with van der Waals surface area (Å²) < 4.78 is 12.9. The predicted molar refractivity (Wildman–Crippen MR) is 87.4 cm³/mol. The summed E-state index contributed by atoms with van der Waals surface area (Å²) in [6, 6.07) is 6.84. The van der Waals surface area contributed by atoms with Crippen molar-refractivity contribution in [1.82, 2.24) is 10.2 Å². The average Bonchev–Trinajstić information content (AvgIpc) is 2.52. The van der Waals surface area contributed by atoms with Crippen LogP contribution in [0.4, 0.5) is 10.1 Å². The fourth-order valence-electron chi connectivity index (χ4n) is 2.74. The molecule has 118 valence electrons. The molecule has 0 aliphatic carbocycles. The lowest BCUT2D eigenvalue weighted by atomic mass is 10.2. The number of piperazine rings is 1. The molecule has 2 rings (SSSR count). The Labute approximate surface area is 128 Å². The van der Waals surface area contributed by atoms with E-state index in [1.165, 1.54) is 19.3 Å². The largest absolute Gasteiger partial charge is 0.369 e. The zero-order valence-corrected chi connectivity index (χ0v) is 13.2. The molecule has 3 nitrogen and oxygen atoms in total. The van der Waals surface area contributed by atoms with Gasteiger partial charge in [-0.2, -0.15) is 0 Å². The van der Waals surface area contributed by atoms with Crippen LogP contribution < -0.4 is 10.2 Å². The Morgan fingerprint density at radius 2 is 1.71 bits per heavy atom. The van der Waals surface area contributed by atoms with Crippen LogP contribution in [0.5, 0.6) is 0 Å². The number of anilines is 1. The van der Waals surface area contributed by atoms with E-state index in [-0.39, 0.29) is 5.82 Å². The molecule has 0 saturated carbocycles. The Bertz CT molecular complexity index is 386. The summed E-state index contributed by atoms with van der Waals surface area (Å²) in [5.41, 5.74) is 1.13. The van der Waals surface area contributed by atoms with Gasteiger partial charge in [-0.05, 0) is 37.2 Å². The third-order valence-electron chi connectivity index (χ3n) is 4.13. The van der Waals surface area contributed by atoms with E-state index in [0.29, 0.717) is 0 Å². The first kappa shape index (κ1) is 16.2. The normalized spacial score (nSPS) is 16.4. The number of hydrogen-bond donors (Lipinski definition) is 1. The molecule has 1 aliphatic rings. The molecule has 1 fully saturated rings. The third kappa shape index (κ3) is 5.64. The minimum absolute atomic E-state index is 0.161. The summed E-state index contributed by atoms with van der Waals surface area (Å²) in [5, 5.41) is 3.52. The standard InChI is InChI=1S/C17H28FN3/c1-2-3-4-9-19-10-11-20-12-14-21(15-13-20)17-7-5-16(18)6-8-17/h5-8,19H,2-4,9-15H2,1H3. The van der Waals surface area contributed by atoms with E-state index in [1.54, 1.807) is 12.1 Å². The molecule has 1 N–H and O–H groups in total. The highest BCUT2D eigenvalue weighted by Crippen LogP contribution is 2.16. The molecule has 0 aromatic heterocycles. The molecule has 1 aromatic carbocycles. The maximum atomic E-state index is 12.9. The van der Waals surface area contributed by atoms with E-state index >= 15 is 0 Å². The van der Waals surface area contributed by atoms with Gasteiger partial charge in [-0.25, -0.2) is 4.39 Å². The van der Waals surface area contributed by atoms with E-state index in [4.69, 9.17) is 0 Å². The van der Waals surface area contributed by atoms with E-state index in [0.717, 1.165) is 51.5 Å². The van der Waals surface area contributed by atoms with E-state index in [2.05, 4.69) is 22.0 Å². The summed E-state index contributed by atoms with van der Waals surface area (Å²) in [7, 11) is 0. The average molecular weight is 293 g/mol. The molecule has 21 heavy (non-hydrogen) atoms. The minimum Gasteiger partial charge on any atom is -0.369 e. The van der Waals surface area contributed by atoms with Gasteiger partial charge in [0.25, 0.3) is 0 Å². The zero-order valence-electron chi connectivity index (χ0n) is 13.2. The number of halogens is 1. The molecule has 1 heterocycles. The van der Waals surface area contributed by atoms with Gasteiger partial charge in [-0.15, -0.1) is 0 Å². The van der Waals surface area contributed by atoms with Crippen LogP contribution in [0.15, 0.2) is 24.3 Å². The third-order valence-corrected chi connectivity index (χ3v) is 4.13. The number of benzene rings is 1. The molecule has 1 aliphatic heterocycles. The second kappa shape index (κ2) is 9.00. The highest BCUT2D eigenvalue weighted by molar-refractivity contribution is 5.46. The molecule has 0 atom stereocenters. The van der Waals surface area contributed by atoms with Gasteiger partial charge in [-0.1, -0.05) is 19.8 Å². The van der Waals surface area contributed by atoms with E-state index in [9.17, 15) is 4.39 Å². The molecule has 0 amide bonds. The Morgan fingerprint density at radius 1 is 1.00 bits per heavy atom.